The van der Waals surface area contributed by atoms with Gasteiger partial charge in [0.15, 0.2) is 4.80 Å². The number of allylic oxidation sites excluding steroid dienone is 1. The minimum Gasteiger partial charge on any atom is -0.488 e. The molecule has 7 nitrogen and oxygen atoms in total. The quantitative estimate of drug-likeness (QED) is 0.196. The molecule has 0 aliphatic carbocycles. The Labute approximate surface area is 271 Å². The number of fused-ring (bicyclic) bond motifs is 1. The standard InChI is InChI=1S/C32H28BrCl2N3O4S/c1-5-41-31(40)28-18(2)36-32-38(29(28)20-8-11-23(12-9-20)37(3)4)30(39)27(43-32)15-19-6-13-26(24(33)14-19)42-17-21-7-10-22(34)16-25(21)35/h6-16,29H,5,17H2,1-4H3/b27-15-/t29-/m1/s1. The fourth-order valence-electron chi connectivity index (χ4n) is 4.73. The van der Waals surface area contributed by atoms with Crippen molar-refractivity contribution in [2.45, 2.75) is 26.5 Å². The SMILES string of the molecule is CCOC(=O)C1=C(C)N=c2s/c(=C\c3ccc(OCc4ccc(Cl)cc4Cl)c(Br)c3)c(=O)n2[C@@H]1c1ccc(N(C)C)cc1. The molecule has 0 spiro atoms. The van der Waals surface area contributed by atoms with E-state index in [1.165, 1.54) is 11.3 Å². The molecule has 11 heteroatoms. The third kappa shape index (κ3) is 6.60. The van der Waals surface area contributed by atoms with Gasteiger partial charge in [-0.1, -0.05) is 58.8 Å². The summed E-state index contributed by atoms with van der Waals surface area (Å²) in [5.41, 5.74) is 4.04. The Kier molecular flexibility index (Phi) is 9.46. The van der Waals surface area contributed by atoms with Gasteiger partial charge in [0.05, 0.1) is 32.9 Å². The van der Waals surface area contributed by atoms with Gasteiger partial charge in [-0.15, -0.1) is 0 Å². The van der Waals surface area contributed by atoms with Gasteiger partial charge in [-0.2, -0.15) is 0 Å². The van der Waals surface area contributed by atoms with Gasteiger partial charge >= 0.3 is 5.97 Å². The molecule has 222 valence electrons. The van der Waals surface area contributed by atoms with Crippen LogP contribution in [0.3, 0.4) is 0 Å². The number of thiazole rings is 1. The van der Waals surface area contributed by atoms with E-state index in [4.69, 9.17) is 32.7 Å². The first-order valence-corrected chi connectivity index (χ1v) is 15.8. The van der Waals surface area contributed by atoms with Crippen LogP contribution in [-0.2, 0) is 16.1 Å². The fourth-order valence-corrected chi connectivity index (χ4v) is 6.75. The van der Waals surface area contributed by atoms with E-state index in [2.05, 4.69) is 20.9 Å². The number of carbonyl (C=O) groups is 1. The highest BCUT2D eigenvalue weighted by atomic mass is 79.9. The van der Waals surface area contributed by atoms with Crippen LogP contribution in [0.4, 0.5) is 5.69 Å². The van der Waals surface area contributed by atoms with Crippen molar-refractivity contribution in [2.24, 2.45) is 4.99 Å². The summed E-state index contributed by atoms with van der Waals surface area (Å²) in [6.07, 6.45) is 1.81. The molecule has 5 rings (SSSR count). The Morgan fingerprint density at radius 3 is 2.51 bits per heavy atom. The fraction of sp³-hybridized carbons (Fsp3) is 0.219. The summed E-state index contributed by atoms with van der Waals surface area (Å²) in [6.45, 7) is 4.01. The second kappa shape index (κ2) is 13.1. The lowest BCUT2D eigenvalue weighted by Crippen LogP contribution is -2.39. The number of carbonyl (C=O) groups excluding carboxylic acids is 1. The van der Waals surface area contributed by atoms with Gasteiger partial charge in [-0.25, -0.2) is 9.79 Å². The minimum atomic E-state index is -0.670. The van der Waals surface area contributed by atoms with Gasteiger partial charge in [-0.05, 0) is 83.4 Å². The molecule has 1 aliphatic heterocycles. The molecule has 43 heavy (non-hydrogen) atoms. The summed E-state index contributed by atoms with van der Waals surface area (Å²) in [6, 6.07) is 18.0. The lowest BCUT2D eigenvalue weighted by Gasteiger charge is -2.25. The topological polar surface area (TPSA) is 73.1 Å². The summed E-state index contributed by atoms with van der Waals surface area (Å²) in [5, 5.41) is 1.09. The number of ether oxygens (including phenoxy) is 2. The molecule has 0 unspecified atom stereocenters. The van der Waals surface area contributed by atoms with Gasteiger partial charge < -0.3 is 14.4 Å². The second-order valence-corrected chi connectivity index (χ2v) is 12.7. The predicted molar refractivity (Wildman–Crippen MR) is 176 cm³/mol. The molecule has 2 heterocycles. The van der Waals surface area contributed by atoms with Gasteiger partial charge in [0, 0.05) is 35.4 Å². The summed E-state index contributed by atoms with van der Waals surface area (Å²) in [5.74, 6) is 0.139. The lowest BCUT2D eigenvalue weighted by atomic mass is 9.95. The molecule has 1 atom stereocenters. The van der Waals surface area contributed by atoms with Crippen LogP contribution in [0.15, 0.2) is 86.2 Å². The monoisotopic (exact) mass is 699 g/mol. The Bertz CT molecular complexity index is 1920. The van der Waals surface area contributed by atoms with Gasteiger partial charge in [0.2, 0.25) is 0 Å². The highest BCUT2D eigenvalue weighted by molar-refractivity contribution is 9.10. The zero-order valence-electron chi connectivity index (χ0n) is 23.9. The van der Waals surface area contributed by atoms with Crippen molar-refractivity contribution in [1.29, 1.82) is 0 Å². The third-order valence-electron chi connectivity index (χ3n) is 6.89. The van der Waals surface area contributed by atoms with Crippen molar-refractivity contribution < 1.29 is 14.3 Å². The van der Waals surface area contributed by atoms with Crippen LogP contribution in [-0.4, -0.2) is 31.2 Å². The number of esters is 1. The first kappa shape index (κ1) is 31.1. The Morgan fingerprint density at radius 2 is 1.86 bits per heavy atom. The van der Waals surface area contributed by atoms with Crippen LogP contribution in [0.25, 0.3) is 6.08 Å². The first-order chi connectivity index (χ1) is 20.6. The van der Waals surface area contributed by atoms with Crippen molar-refractivity contribution >= 4 is 68.2 Å². The number of halogens is 3. The number of rotatable bonds is 8. The van der Waals surface area contributed by atoms with Crippen LogP contribution in [0.5, 0.6) is 5.75 Å². The van der Waals surface area contributed by atoms with Crippen molar-refractivity contribution in [3.05, 3.63) is 123 Å². The normalized spacial score (nSPS) is 14.8. The Hall–Kier alpha value is -3.37. The van der Waals surface area contributed by atoms with Crippen molar-refractivity contribution in [3.8, 4) is 5.75 Å². The van der Waals surface area contributed by atoms with E-state index in [-0.39, 0.29) is 18.8 Å². The van der Waals surface area contributed by atoms with E-state index in [0.717, 1.165) is 26.9 Å². The van der Waals surface area contributed by atoms with Crippen molar-refractivity contribution in [3.63, 3.8) is 0 Å². The van der Waals surface area contributed by atoms with E-state index < -0.39 is 12.0 Å². The van der Waals surface area contributed by atoms with E-state index in [9.17, 15) is 9.59 Å². The number of aromatic nitrogens is 1. The number of nitrogens with zero attached hydrogens (tertiary/aromatic N) is 3. The molecule has 0 N–H and O–H groups in total. The maximum Gasteiger partial charge on any atom is 0.338 e. The van der Waals surface area contributed by atoms with Crippen LogP contribution in [0.2, 0.25) is 10.0 Å². The van der Waals surface area contributed by atoms with E-state index in [1.54, 1.807) is 30.5 Å². The number of hydrogen-bond acceptors (Lipinski definition) is 7. The van der Waals surface area contributed by atoms with Crippen LogP contribution >= 0.6 is 50.5 Å². The van der Waals surface area contributed by atoms with Gasteiger partial charge in [0.25, 0.3) is 5.56 Å². The third-order valence-corrected chi connectivity index (χ3v) is 9.08. The Balaban J connectivity index is 1.51. The Morgan fingerprint density at radius 1 is 1.12 bits per heavy atom. The summed E-state index contributed by atoms with van der Waals surface area (Å²) >= 11 is 17.1. The highest BCUT2D eigenvalue weighted by Gasteiger charge is 2.33. The van der Waals surface area contributed by atoms with E-state index >= 15 is 0 Å². The average molecular weight is 701 g/mol. The smallest absolute Gasteiger partial charge is 0.338 e. The van der Waals surface area contributed by atoms with Crippen molar-refractivity contribution in [2.75, 3.05) is 25.6 Å². The van der Waals surface area contributed by atoms with Gasteiger partial charge in [-0.3, -0.25) is 9.36 Å². The second-order valence-electron chi connectivity index (χ2n) is 10.0. The molecule has 0 saturated carbocycles. The minimum absolute atomic E-state index is 0.216. The molecule has 0 bridgehead atoms. The molecule has 0 radical (unpaired) electrons. The molecule has 0 fully saturated rings. The van der Waals surface area contributed by atoms with E-state index in [0.29, 0.717) is 36.4 Å². The van der Waals surface area contributed by atoms with Crippen molar-refractivity contribution in [1.82, 2.24) is 4.57 Å². The largest absolute Gasteiger partial charge is 0.488 e. The number of hydrogen-bond donors (Lipinski definition) is 0. The summed E-state index contributed by atoms with van der Waals surface area (Å²) in [7, 11) is 3.91. The summed E-state index contributed by atoms with van der Waals surface area (Å²) < 4.78 is 14.2. The lowest BCUT2D eigenvalue weighted by molar-refractivity contribution is -0.139. The first-order valence-electron chi connectivity index (χ1n) is 13.4. The number of anilines is 1. The molecule has 3 aromatic carbocycles. The number of benzene rings is 3. The van der Waals surface area contributed by atoms with Crippen LogP contribution in [0.1, 0.15) is 36.6 Å². The molecule has 0 saturated heterocycles. The molecular weight excluding hydrogens is 673 g/mol. The molecule has 1 aliphatic rings. The molecule has 4 aromatic rings. The molecule has 1 aromatic heterocycles. The van der Waals surface area contributed by atoms with E-state index in [1.807, 2.05) is 73.6 Å². The predicted octanol–water partition coefficient (Wildman–Crippen LogP) is 6.51. The average Bonchev–Trinajstić information content (AvgIpc) is 3.26. The maximum absolute atomic E-state index is 13.9. The molecule has 0 amide bonds. The molecular formula is C32H28BrCl2N3O4S. The zero-order chi connectivity index (χ0) is 30.8. The highest BCUT2D eigenvalue weighted by Crippen LogP contribution is 2.32. The van der Waals surface area contributed by atoms with Crippen LogP contribution < -0.4 is 24.5 Å². The maximum atomic E-state index is 13.9. The zero-order valence-corrected chi connectivity index (χ0v) is 27.8. The van der Waals surface area contributed by atoms with Crippen LogP contribution in [0, 0.1) is 0 Å². The summed E-state index contributed by atoms with van der Waals surface area (Å²) in [4.78, 5) is 34.2. The van der Waals surface area contributed by atoms with Gasteiger partial charge in [0.1, 0.15) is 12.4 Å².